The predicted octanol–water partition coefficient (Wildman–Crippen LogP) is 4.05. The lowest BCUT2D eigenvalue weighted by Crippen LogP contribution is -2.46. The van der Waals surface area contributed by atoms with Crippen LogP contribution in [0.3, 0.4) is 0 Å². The zero-order chi connectivity index (χ0) is 19.3. The number of nitrogens with zero attached hydrogens (tertiary/aromatic N) is 5. The quantitative estimate of drug-likeness (QED) is 0.674. The summed E-state index contributed by atoms with van der Waals surface area (Å²) in [4.78, 5) is 16.8. The van der Waals surface area contributed by atoms with Gasteiger partial charge in [0.25, 0.3) is 0 Å². The van der Waals surface area contributed by atoms with Crippen molar-refractivity contribution in [2.45, 2.75) is 6.92 Å². The Bertz CT molecular complexity index is 889. The average molecular weight is 374 g/mol. The molecular weight excluding hydrogens is 346 g/mol. The van der Waals surface area contributed by atoms with Crippen molar-refractivity contribution in [3.63, 3.8) is 0 Å². The normalized spacial score (nSPS) is 14.9. The highest BCUT2D eigenvalue weighted by Crippen LogP contribution is 2.28. The van der Waals surface area contributed by atoms with Crippen LogP contribution >= 0.6 is 0 Å². The molecule has 3 aromatic rings. The lowest BCUT2D eigenvalue weighted by atomic mass is 10.1. The fourth-order valence-corrected chi connectivity index (χ4v) is 3.54. The molecule has 0 spiro atoms. The van der Waals surface area contributed by atoms with Gasteiger partial charge in [0, 0.05) is 50.5 Å². The van der Waals surface area contributed by atoms with Crippen LogP contribution < -0.4 is 9.80 Å². The molecule has 4 rings (SSSR count). The number of benzene rings is 2. The van der Waals surface area contributed by atoms with Crippen LogP contribution in [0.1, 0.15) is 6.92 Å². The standard InChI is InChI=1S/C23H27N5/c1-3-27-14-16-28(17-15-27)23-24-21(19-10-6-4-7-11-19)18-22(25-23)26(2)20-12-8-5-9-13-20/h4-13,18H,3,14-17H2,1-2H3. The number of likely N-dealkylation sites (N-methyl/N-ethyl adjacent to an activating group) is 1. The topological polar surface area (TPSA) is 35.5 Å². The van der Waals surface area contributed by atoms with Crippen LogP contribution in [0, 0.1) is 0 Å². The van der Waals surface area contributed by atoms with E-state index >= 15 is 0 Å². The van der Waals surface area contributed by atoms with Crippen LogP contribution in [0.5, 0.6) is 0 Å². The van der Waals surface area contributed by atoms with Crippen molar-refractivity contribution in [2.75, 3.05) is 49.6 Å². The van der Waals surface area contributed by atoms with Crippen LogP contribution in [0.2, 0.25) is 0 Å². The predicted molar refractivity (Wildman–Crippen MR) is 116 cm³/mol. The summed E-state index contributed by atoms with van der Waals surface area (Å²) in [5.41, 5.74) is 3.18. The van der Waals surface area contributed by atoms with Gasteiger partial charge >= 0.3 is 0 Å². The Labute approximate surface area is 167 Å². The van der Waals surface area contributed by atoms with Gasteiger partial charge in [-0.1, -0.05) is 55.5 Å². The second-order valence-corrected chi connectivity index (χ2v) is 7.09. The Hall–Kier alpha value is -2.92. The summed E-state index contributed by atoms with van der Waals surface area (Å²) < 4.78 is 0. The Morgan fingerprint density at radius 3 is 2.14 bits per heavy atom. The van der Waals surface area contributed by atoms with Gasteiger partial charge in [-0.2, -0.15) is 4.98 Å². The van der Waals surface area contributed by atoms with E-state index in [9.17, 15) is 0 Å². The molecule has 5 heteroatoms. The van der Waals surface area contributed by atoms with Gasteiger partial charge in [-0.3, -0.25) is 0 Å². The lowest BCUT2D eigenvalue weighted by Gasteiger charge is -2.34. The van der Waals surface area contributed by atoms with Crippen LogP contribution in [0.15, 0.2) is 66.7 Å². The van der Waals surface area contributed by atoms with Gasteiger partial charge in [-0.05, 0) is 18.7 Å². The third-order valence-electron chi connectivity index (χ3n) is 5.36. The van der Waals surface area contributed by atoms with E-state index in [-0.39, 0.29) is 0 Å². The Morgan fingerprint density at radius 1 is 0.857 bits per heavy atom. The molecule has 5 nitrogen and oxygen atoms in total. The summed E-state index contributed by atoms with van der Waals surface area (Å²) >= 11 is 0. The van der Waals surface area contributed by atoms with Gasteiger partial charge in [0.15, 0.2) is 0 Å². The molecule has 1 aromatic heterocycles. The average Bonchev–Trinajstić information content (AvgIpc) is 2.79. The summed E-state index contributed by atoms with van der Waals surface area (Å²) in [7, 11) is 2.06. The maximum atomic E-state index is 4.93. The van der Waals surface area contributed by atoms with Crippen molar-refractivity contribution in [3.8, 4) is 11.3 Å². The van der Waals surface area contributed by atoms with Crippen LogP contribution in [0.4, 0.5) is 17.5 Å². The Morgan fingerprint density at radius 2 is 1.50 bits per heavy atom. The van der Waals surface area contributed by atoms with E-state index in [0.717, 1.165) is 61.4 Å². The van der Waals surface area contributed by atoms with Gasteiger partial charge in [0.2, 0.25) is 5.95 Å². The van der Waals surface area contributed by atoms with Crippen molar-refractivity contribution in [1.29, 1.82) is 0 Å². The molecule has 0 bridgehead atoms. The first-order valence-corrected chi connectivity index (χ1v) is 9.95. The highest BCUT2D eigenvalue weighted by Gasteiger charge is 2.20. The smallest absolute Gasteiger partial charge is 0.227 e. The molecule has 144 valence electrons. The SMILES string of the molecule is CCN1CCN(c2nc(-c3ccccc3)cc(N(C)c3ccccc3)n2)CC1. The molecule has 1 aliphatic heterocycles. The van der Waals surface area contributed by atoms with Crippen molar-refractivity contribution < 1.29 is 0 Å². The van der Waals surface area contributed by atoms with E-state index in [1.54, 1.807) is 0 Å². The molecule has 0 amide bonds. The number of rotatable bonds is 5. The number of anilines is 3. The van der Waals surface area contributed by atoms with Crippen LogP contribution in [-0.2, 0) is 0 Å². The van der Waals surface area contributed by atoms with Crippen molar-refractivity contribution in [3.05, 3.63) is 66.7 Å². The highest BCUT2D eigenvalue weighted by molar-refractivity contribution is 5.68. The summed E-state index contributed by atoms with van der Waals surface area (Å²) in [6.45, 7) is 7.34. The van der Waals surface area contributed by atoms with E-state index in [4.69, 9.17) is 9.97 Å². The molecule has 2 heterocycles. The van der Waals surface area contributed by atoms with Gasteiger partial charge in [0.1, 0.15) is 5.82 Å². The van der Waals surface area contributed by atoms with E-state index in [1.165, 1.54) is 0 Å². The molecule has 2 aromatic carbocycles. The highest BCUT2D eigenvalue weighted by atomic mass is 15.3. The van der Waals surface area contributed by atoms with E-state index in [1.807, 2.05) is 12.1 Å². The minimum atomic E-state index is 0.815. The van der Waals surface area contributed by atoms with Crippen molar-refractivity contribution >= 4 is 17.5 Å². The Balaban J connectivity index is 1.71. The maximum Gasteiger partial charge on any atom is 0.227 e. The molecule has 1 fully saturated rings. The summed E-state index contributed by atoms with van der Waals surface area (Å²) in [6.07, 6.45) is 0. The number of aromatic nitrogens is 2. The van der Waals surface area contributed by atoms with Crippen LogP contribution in [0.25, 0.3) is 11.3 Å². The minimum Gasteiger partial charge on any atom is -0.338 e. The second-order valence-electron chi connectivity index (χ2n) is 7.09. The first kappa shape index (κ1) is 18.4. The van der Waals surface area contributed by atoms with E-state index in [2.05, 4.69) is 83.3 Å². The molecule has 1 aliphatic rings. The van der Waals surface area contributed by atoms with Crippen molar-refractivity contribution in [1.82, 2.24) is 14.9 Å². The van der Waals surface area contributed by atoms with Crippen molar-refractivity contribution in [2.24, 2.45) is 0 Å². The third kappa shape index (κ3) is 3.99. The molecule has 28 heavy (non-hydrogen) atoms. The van der Waals surface area contributed by atoms with Gasteiger partial charge < -0.3 is 14.7 Å². The third-order valence-corrected chi connectivity index (χ3v) is 5.36. The van der Waals surface area contributed by atoms with E-state index < -0.39 is 0 Å². The molecule has 0 unspecified atom stereocenters. The van der Waals surface area contributed by atoms with E-state index in [0.29, 0.717) is 0 Å². The summed E-state index contributed by atoms with van der Waals surface area (Å²) in [6, 6.07) is 22.8. The number of hydrogen-bond donors (Lipinski definition) is 0. The number of para-hydroxylation sites is 1. The lowest BCUT2D eigenvalue weighted by molar-refractivity contribution is 0.270. The van der Waals surface area contributed by atoms with Gasteiger partial charge in [-0.25, -0.2) is 4.98 Å². The molecule has 1 saturated heterocycles. The minimum absolute atomic E-state index is 0.815. The first-order valence-electron chi connectivity index (χ1n) is 9.95. The molecular formula is C23H27N5. The fraction of sp³-hybridized carbons (Fsp3) is 0.304. The molecule has 0 N–H and O–H groups in total. The van der Waals surface area contributed by atoms with Crippen LogP contribution in [-0.4, -0.2) is 54.6 Å². The van der Waals surface area contributed by atoms with Gasteiger partial charge in [-0.15, -0.1) is 0 Å². The molecule has 0 radical (unpaired) electrons. The zero-order valence-electron chi connectivity index (χ0n) is 16.6. The first-order chi connectivity index (χ1) is 13.7. The fourth-order valence-electron chi connectivity index (χ4n) is 3.54. The monoisotopic (exact) mass is 373 g/mol. The zero-order valence-corrected chi connectivity index (χ0v) is 16.6. The largest absolute Gasteiger partial charge is 0.338 e. The molecule has 0 atom stereocenters. The summed E-state index contributed by atoms with van der Waals surface area (Å²) in [5, 5.41) is 0. The number of piperazine rings is 1. The number of hydrogen-bond acceptors (Lipinski definition) is 5. The second kappa shape index (κ2) is 8.40. The van der Waals surface area contributed by atoms with Gasteiger partial charge in [0.05, 0.1) is 5.69 Å². The molecule has 0 saturated carbocycles. The Kier molecular flexibility index (Phi) is 5.53. The maximum absolute atomic E-state index is 4.93. The molecule has 0 aliphatic carbocycles. The summed E-state index contributed by atoms with van der Waals surface area (Å²) in [5.74, 6) is 1.72.